The summed E-state index contributed by atoms with van der Waals surface area (Å²) < 4.78 is 0. The largest absolute Gasteiger partial charge is 0.508 e. The maximum Gasteiger partial charge on any atom is 0.114 e. The molecule has 15 heavy (non-hydrogen) atoms. The van der Waals surface area contributed by atoms with E-state index in [0.29, 0.717) is 17.1 Å². The molecule has 1 heteroatoms. The summed E-state index contributed by atoms with van der Waals surface area (Å²) in [6.07, 6.45) is 5.15. The van der Waals surface area contributed by atoms with Gasteiger partial charge in [-0.2, -0.15) is 0 Å². The topological polar surface area (TPSA) is 20.2 Å². The van der Waals surface area contributed by atoms with Crippen molar-refractivity contribution < 1.29 is 5.11 Å². The van der Waals surface area contributed by atoms with Crippen LogP contribution in [0.5, 0.6) is 0 Å². The summed E-state index contributed by atoms with van der Waals surface area (Å²) in [6, 6.07) is 0. The third kappa shape index (κ3) is 3.40. The zero-order chi connectivity index (χ0) is 11.6. The molecule has 1 rings (SSSR count). The monoisotopic (exact) mass is 208 g/mol. The van der Waals surface area contributed by atoms with E-state index in [9.17, 15) is 5.11 Å². The Labute approximate surface area is 93.9 Å². The molecule has 0 radical (unpaired) electrons. The Balaban J connectivity index is 2.84. The first-order valence-electron chi connectivity index (χ1n) is 5.95. The fraction of sp³-hybridized carbons (Fsp3) is 0.714. The van der Waals surface area contributed by atoms with Gasteiger partial charge in [-0.1, -0.05) is 40.2 Å². The average Bonchev–Trinajstić information content (AvgIpc) is 1.99. The van der Waals surface area contributed by atoms with Crippen molar-refractivity contribution >= 4 is 0 Å². The molecule has 1 nitrogen and oxygen atoms in total. The summed E-state index contributed by atoms with van der Waals surface area (Å²) in [5, 5.41) is 9.91. The molecule has 0 aliphatic heterocycles. The summed E-state index contributed by atoms with van der Waals surface area (Å²) >= 11 is 0. The fourth-order valence-corrected chi connectivity index (χ4v) is 2.45. The summed E-state index contributed by atoms with van der Waals surface area (Å²) in [4.78, 5) is 0. The van der Waals surface area contributed by atoms with Crippen LogP contribution in [0.4, 0.5) is 0 Å². The molecule has 0 amide bonds. The predicted octanol–water partition coefficient (Wildman–Crippen LogP) is 4.61. The Kier molecular flexibility index (Phi) is 3.64. The predicted molar refractivity (Wildman–Crippen MR) is 65.9 cm³/mol. The van der Waals surface area contributed by atoms with Crippen molar-refractivity contribution in [1.29, 1.82) is 0 Å². The van der Waals surface area contributed by atoms with Gasteiger partial charge in [0.05, 0.1) is 0 Å². The molecule has 0 aromatic carbocycles. The molecule has 0 aromatic heterocycles. The van der Waals surface area contributed by atoms with Gasteiger partial charge in [0.2, 0.25) is 0 Å². The third-order valence-electron chi connectivity index (χ3n) is 2.97. The lowest BCUT2D eigenvalue weighted by Crippen LogP contribution is -2.13. The molecule has 0 bridgehead atoms. The number of rotatable bonds is 2. The Morgan fingerprint density at radius 2 is 2.00 bits per heavy atom. The second kappa shape index (κ2) is 4.42. The van der Waals surface area contributed by atoms with Crippen LogP contribution in [0.25, 0.3) is 0 Å². The highest BCUT2D eigenvalue weighted by atomic mass is 16.3. The molecule has 0 aromatic rings. The van der Waals surface area contributed by atoms with Gasteiger partial charge in [0, 0.05) is 0 Å². The standard InChI is InChI=1S/C14H24O/c1-6-12-10(2)7-11(8-13(12)15)9-14(3,4)5/h8,10,15H,6-7,9H2,1-5H3. The van der Waals surface area contributed by atoms with Crippen LogP contribution in [0.2, 0.25) is 0 Å². The first kappa shape index (κ1) is 12.4. The SMILES string of the molecule is CCC1=C(O)C=C(CC(C)(C)C)CC1C. The smallest absolute Gasteiger partial charge is 0.114 e. The molecule has 1 N–H and O–H groups in total. The van der Waals surface area contributed by atoms with Gasteiger partial charge in [-0.3, -0.25) is 0 Å². The van der Waals surface area contributed by atoms with E-state index >= 15 is 0 Å². The van der Waals surface area contributed by atoms with Gasteiger partial charge in [-0.15, -0.1) is 0 Å². The molecule has 1 atom stereocenters. The minimum atomic E-state index is 0.315. The summed E-state index contributed by atoms with van der Waals surface area (Å²) in [5.41, 5.74) is 2.92. The molecule has 0 saturated heterocycles. The minimum Gasteiger partial charge on any atom is -0.508 e. The van der Waals surface area contributed by atoms with Crippen LogP contribution < -0.4 is 0 Å². The van der Waals surface area contributed by atoms with E-state index in [1.165, 1.54) is 11.1 Å². The highest BCUT2D eigenvalue weighted by Gasteiger charge is 2.22. The van der Waals surface area contributed by atoms with Gasteiger partial charge in [0.15, 0.2) is 0 Å². The number of aliphatic hydroxyl groups excluding tert-OH is 1. The zero-order valence-corrected chi connectivity index (χ0v) is 10.7. The quantitative estimate of drug-likeness (QED) is 0.702. The second-order valence-electron chi connectivity index (χ2n) is 5.91. The van der Waals surface area contributed by atoms with E-state index in [1.54, 1.807) is 0 Å². The number of hydrogen-bond acceptors (Lipinski definition) is 1. The average molecular weight is 208 g/mol. The molecular formula is C14H24O. The fourth-order valence-electron chi connectivity index (χ4n) is 2.45. The molecule has 86 valence electrons. The first-order chi connectivity index (χ1) is 6.83. The molecule has 0 saturated carbocycles. The number of aliphatic hydroxyl groups is 1. The number of allylic oxidation sites excluding steroid dienone is 3. The van der Waals surface area contributed by atoms with Gasteiger partial charge in [-0.25, -0.2) is 0 Å². The Bertz CT molecular complexity index is 289. The highest BCUT2D eigenvalue weighted by molar-refractivity contribution is 5.30. The van der Waals surface area contributed by atoms with E-state index in [0.717, 1.165) is 19.3 Å². The van der Waals surface area contributed by atoms with Crippen LogP contribution in [-0.4, -0.2) is 5.11 Å². The van der Waals surface area contributed by atoms with Crippen molar-refractivity contribution in [3.63, 3.8) is 0 Å². The summed E-state index contributed by atoms with van der Waals surface area (Å²) in [5.74, 6) is 1.04. The molecule has 0 spiro atoms. The van der Waals surface area contributed by atoms with Gasteiger partial charge < -0.3 is 5.11 Å². The summed E-state index contributed by atoms with van der Waals surface area (Å²) in [6.45, 7) is 11.1. The molecular weight excluding hydrogens is 184 g/mol. The lowest BCUT2D eigenvalue weighted by molar-refractivity contribution is 0.374. The van der Waals surface area contributed by atoms with Crippen molar-refractivity contribution in [2.75, 3.05) is 0 Å². The highest BCUT2D eigenvalue weighted by Crippen LogP contribution is 2.35. The van der Waals surface area contributed by atoms with Crippen LogP contribution in [0.1, 0.15) is 53.9 Å². The Morgan fingerprint density at radius 1 is 1.40 bits per heavy atom. The van der Waals surface area contributed by atoms with Gasteiger partial charge in [0.1, 0.15) is 5.76 Å². The lowest BCUT2D eigenvalue weighted by Gasteiger charge is -2.27. The van der Waals surface area contributed by atoms with Gasteiger partial charge in [-0.05, 0) is 42.2 Å². The van der Waals surface area contributed by atoms with Crippen molar-refractivity contribution in [2.45, 2.75) is 53.9 Å². The molecule has 1 unspecified atom stereocenters. The van der Waals surface area contributed by atoms with Crippen LogP contribution in [-0.2, 0) is 0 Å². The normalized spacial score (nSPS) is 23.0. The molecule has 1 aliphatic rings. The Morgan fingerprint density at radius 3 is 2.40 bits per heavy atom. The van der Waals surface area contributed by atoms with Gasteiger partial charge in [0.25, 0.3) is 0 Å². The van der Waals surface area contributed by atoms with E-state index in [-0.39, 0.29) is 0 Å². The van der Waals surface area contributed by atoms with Crippen LogP contribution in [0.15, 0.2) is 23.0 Å². The second-order valence-corrected chi connectivity index (χ2v) is 5.91. The van der Waals surface area contributed by atoms with Crippen LogP contribution in [0.3, 0.4) is 0 Å². The van der Waals surface area contributed by atoms with Crippen molar-refractivity contribution in [1.82, 2.24) is 0 Å². The van der Waals surface area contributed by atoms with E-state index in [4.69, 9.17) is 0 Å². The molecule has 0 heterocycles. The van der Waals surface area contributed by atoms with E-state index in [2.05, 4.69) is 34.6 Å². The van der Waals surface area contributed by atoms with Crippen molar-refractivity contribution in [2.24, 2.45) is 11.3 Å². The molecule has 1 aliphatic carbocycles. The van der Waals surface area contributed by atoms with Crippen molar-refractivity contribution in [3.05, 3.63) is 23.0 Å². The van der Waals surface area contributed by atoms with Gasteiger partial charge >= 0.3 is 0 Å². The maximum atomic E-state index is 9.91. The molecule has 0 fully saturated rings. The Hall–Kier alpha value is -0.720. The lowest BCUT2D eigenvalue weighted by atomic mass is 9.79. The maximum absolute atomic E-state index is 9.91. The van der Waals surface area contributed by atoms with Crippen LogP contribution in [0, 0.1) is 11.3 Å². The van der Waals surface area contributed by atoms with E-state index < -0.39 is 0 Å². The van der Waals surface area contributed by atoms with Crippen LogP contribution >= 0.6 is 0 Å². The third-order valence-corrected chi connectivity index (χ3v) is 2.97. The zero-order valence-electron chi connectivity index (χ0n) is 10.7. The first-order valence-corrected chi connectivity index (χ1v) is 5.95. The van der Waals surface area contributed by atoms with Crippen molar-refractivity contribution in [3.8, 4) is 0 Å². The number of hydrogen-bond donors (Lipinski definition) is 1. The minimum absolute atomic E-state index is 0.315. The van der Waals surface area contributed by atoms with E-state index in [1.807, 2.05) is 6.08 Å². The summed E-state index contributed by atoms with van der Waals surface area (Å²) in [7, 11) is 0.